The van der Waals surface area contributed by atoms with Gasteiger partial charge in [0.2, 0.25) is 5.88 Å². The molecule has 0 amide bonds. The Morgan fingerprint density at radius 3 is 2.83 bits per heavy atom. The lowest BCUT2D eigenvalue weighted by molar-refractivity contribution is 0.291. The van der Waals surface area contributed by atoms with Crippen LogP contribution in [0.2, 0.25) is 5.02 Å². The maximum absolute atomic E-state index is 12.9. The van der Waals surface area contributed by atoms with Crippen LogP contribution in [0.4, 0.5) is 10.1 Å². The summed E-state index contributed by atoms with van der Waals surface area (Å²) in [7, 11) is 0. The van der Waals surface area contributed by atoms with Crippen LogP contribution in [0.25, 0.3) is 0 Å². The van der Waals surface area contributed by atoms with Gasteiger partial charge in [0, 0.05) is 11.1 Å². The van der Waals surface area contributed by atoms with Crippen molar-refractivity contribution >= 4 is 17.3 Å². The molecular formula is C13H12ClFN2O. The number of ether oxygens (including phenoxy) is 1. The summed E-state index contributed by atoms with van der Waals surface area (Å²) in [4.78, 5) is 4.08. The summed E-state index contributed by atoms with van der Waals surface area (Å²) in [6, 6.07) is 5.95. The summed E-state index contributed by atoms with van der Waals surface area (Å²) in [6.45, 7) is 2.09. The van der Waals surface area contributed by atoms with Crippen LogP contribution in [0.5, 0.6) is 5.88 Å². The van der Waals surface area contributed by atoms with Gasteiger partial charge in [-0.15, -0.1) is 0 Å². The molecular weight excluding hydrogens is 255 g/mol. The van der Waals surface area contributed by atoms with E-state index in [2.05, 4.69) is 4.98 Å². The lowest BCUT2D eigenvalue weighted by Gasteiger charge is -2.09. The molecule has 0 aliphatic carbocycles. The van der Waals surface area contributed by atoms with E-state index < -0.39 is 0 Å². The van der Waals surface area contributed by atoms with Crippen LogP contribution < -0.4 is 10.5 Å². The molecule has 5 heteroatoms. The van der Waals surface area contributed by atoms with Gasteiger partial charge in [-0.2, -0.15) is 0 Å². The number of benzene rings is 1. The van der Waals surface area contributed by atoms with Gasteiger partial charge in [-0.05, 0) is 25.1 Å². The third-order valence-electron chi connectivity index (χ3n) is 2.43. The van der Waals surface area contributed by atoms with E-state index in [1.807, 2.05) is 6.92 Å². The molecule has 1 heterocycles. The molecule has 3 nitrogen and oxygen atoms in total. The molecule has 0 atom stereocenters. The van der Waals surface area contributed by atoms with Gasteiger partial charge >= 0.3 is 0 Å². The van der Waals surface area contributed by atoms with Crippen LogP contribution in [0.1, 0.15) is 11.1 Å². The fraction of sp³-hybridized carbons (Fsp3) is 0.154. The number of aromatic nitrogens is 1. The zero-order valence-electron chi connectivity index (χ0n) is 9.78. The highest BCUT2D eigenvalue weighted by Gasteiger charge is 2.06. The highest BCUT2D eigenvalue weighted by molar-refractivity contribution is 6.31. The SMILES string of the molecule is Cc1cc(N)cnc1OCc1ccc(F)cc1Cl. The van der Waals surface area contributed by atoms with Crippen LogP contribution in [-0.2, 0) is 6.61 Å². The summed E-state index contributed by atoms with van der Waals surface area (Å²) in [5, 5.41) is 0.336. The first-order valence-electron chi connectivity index (χ1n) is 5.35. The van der Waals surface area contributed by atoms with Gasteiger partial charge < -0.3 is 10.5 Å². The van der Waals surface area contributed by atoms with Gasteiger partial charge in [-0.25, -0.2) is 9.37 Å². The number of nitrogens with zero attached hydrogens (tertiary/aromatic N) is 1. The number of halogens is 2. The van der Waals surface area contributed by atoms with E-state index in [0.717, 1.165) is 5.56 Å². The first-order chi connectivity index (χ1) is 8.56. The monoisotopic (exact) mass is 266 g/mol. The summed E-state index contributed by atoms with van der Waals surface area (Å²) in [6.07, 6.45) is 1.52. The number of rotatable bonds is 3. The normalized spacial score (nSPS) is 10.4. The molecule has 18 heavy (non-hydrogen) atoms. The molecule has 1 aromatic carbocycles. The third kappa shape index (κ3) is 2.90. The molecule has 0 radical (unpaired) electrons. The number of hydrogen-bond donors (Lipinski definition) is 1. The Morgan fingerprint density at radius 1 is 1.39 bits per heavy atom. The largest absolute Gasteiger partial charge is 0.473 e. The van der Waals surface area contributed by atoms with Crippen molar-refractivity contribution in [2.75, 3.05) is 5.73 Å². The topological polar surface area (TPSA) is 48.1 Å². The van der Waals surface area contributed by atoms with Crippen molar-refractivity contribution < 1.29 is 9.13 Å². The van der Waals surface area contributed by atoms with Crippen molar-refractivity contribution in [1.82, 2.24) is 4.98 Å². The Balaban J connectivity index is 2.11. The maximum Gasteiger partial charge on any atom is 0.216 e. The molecule has 0 aliphatic heterocycles. The Hall–Kier alpha value is -1.81. The Labute approximate surface area is 109 Å². The maximum atomic E-state index is 12.9. The second-order valence-electron chi connectivity index (χ2n) is 3.92. The smallest absolute Gasteiger partial charge is 0.216 e. The quantitative estimate of drug-likeness (QED) is 0.927. The first-order valence-corrected chi connectivity index (χ1v) is 5.73. The van der Waals surface area contributed by atoms with E-state index in [1.54, 1.807) is 12.1 Å². The minimum atomic E-state index is -0.370. The number of nitrogens with two attached hydrogens (primary N) is 1. The predicted octanol–water partition coefficient (Wildman–Crippen LogP) is 3.34. The van der Waals surface area contributed by atoms with Crippen LogP contribution in [0.3, 0.4) is 0 Å². The van der Waals surface area contributed by atoms with Gasteiger partial charge in [-0.3, -0.25) is 0 Å². The zero-order chi connectivity index (χ0) is 13.1. The number of anilines is 1. The molecule has 0 unspecified atom stereocenters. The highest BCUT2D eigenvalue weighted by atomic mass is 35.5. The lowest BCUT2D eigenvalue weighted by atomic mass is 10.2. The van der Waals surface area contributed by atoms with Gasteiger partial charge in [-0.1, -0.05) is 17.7 Å². The summed E-state index contributed by atoms with van der Waals surface area (Å²) in [5.41, 5.74) is 7.72. The minimum Gasteiger partial charge on any atom is -0.473 e. The van der Waals surface area contributed by atoms with Crippen LogP contribution >= 0.6 is 11.6 Å². The third-order valence-corrected chi connectivity index (χ3v) is 2.78. The van der Waals surface area contributed by atoms with Crippen molar-refractivity contribution in [3.63, 3.8) is 0 Å². The molecule has 1 aromatic heterocycles. The lowest BCUT2D eigenvalue weighted by Crippen LogP contribution is -2.01. The number of hydrogen-bond acceptors (Lipinski definition) is 3. The number of aryl methyl sites for hydroxylation is 1. The molecule has 2 aromatic rings. The summed E-state index contributed by atoms with van der Waals surface area (Å²) in [5.74, 6) is 0.120. The van der Waals surface area contributed by atoms with Gasteiger partial charge in [0.05, 0.1) is 16.9 Å². The Morgan fingerprint density at radius 2 is 2.17 bits per heavy atom. The molecule has 94 valence electrons. The zero-order valence-corrected chi connectivity index (χ0v) is 10.5. The van der Waals surface area contributed by atoms with E-state index in [0.29, 0.717) is 22.2 Å². The predicted molar refractivity (Wildman–Crippen MR) is 69.1 cm³/mol. The van der Waals surface area contributed by atoms with E-state index in [4.69, 9.17) is 22.1 Å². The fourth-order valence-corrected chi connectivity index (χ4v) is 1.74. The van der Waals surface area contributed by atoms with Crippen LogP contribution in [0.15, 0.2) is 30.5 Å². The molecule has 0 spiro atoms. The second kappa shape index (κ2) is 5.23. The molecule has 0 saturated heterocycles. The number of nitrogen functional groups attached to an aromatic ring is 1. The van der Waals surface area contributed by atoms with E-state index in [9.17, 15) is 4.39 Å². The minimum absolute atomic E-state index is 0.233. The van der Waals surface area contributed by atoms with E-state index in [-0.39, 0.29) is 12.4 Å². The molecule has 0 aliphatic rings. The van der Waals surface area contributed by atoms with E-state index >= 15 is 0 Å². The molecule has 2 N–H and O–H groups in total. The van der Waals surface area contributed by atoms with Crippen molar-refractivity contribution in [2.45, 2.75) is 13.5 Å². The Bertz CT molecular complexity index is 523. The van der Waals surface area contributed by atoms with Crippen LogP contribution in [-0.4, -0.2) is 4.98 Å². The van der Waals surface area contributed by atoms with Crippen molar-refractivity contribution in [2.24, 2.45) is 0 Å². The number of pyridine rings is 1. The average Bonchev–Trinajstić information content (AvgIpc) is 2.30. The first kappa shape index (κ1) is 12.6. The summed E-state index contributed by atoms with van der Waals surface area (Å²) >= 11 is 5.90. The summed E-state index contributed by atoms with van der Waals surface area (Å²) < 4.78 is 18.4. The van der Waals surface area contributed by atoms with Gasteiger partial charge in [0.15, 0.2) is 0 Å². The van der Waals surface area contributed by atoms with Crippen LogP contribution in [0, 0.1) is 12.7 Å². The average molecular weight is 267 g/mol. The second-order valence-corrected chi connectivity index (χ2v) is 4.32. The fourth-order valence-electron chi connectivity index (χ4n) is 1.52. The van der Waals surface area contributed by atoms with Crippen molar-refractivity contribution in [1.29, 1.82) is 0 Å². The Kier molecular flexibility index (Phi) is 3.67. The van der Waals surface area contributed by atoms with E-state index in [1.165, 1.54) is 18.3 Å². The van der Waals surface area contributed by atoms with Gasteiger partial charge in [0.1, 0.15) is 12.4 Å². The molecule has 0 fully saturated rings. The van der Waals surface area contributed by atoms with Crippen molar-refractivity contribution in [3.05, 3.63) is 52.4 Å². The molecule has 0 saturated carbocycles. The molecule has 2 rings (SSSR count). The van der Waals surface area contributed by atoms with Crippen molar-refractivity contribution in [3.8, 4) is 5.88 Å². The van der Waals surface area contributed by atoms with Gasteiger partial charge in [0.25, 0.3) is 0 Å². The highest BCUT2D eigenvalue weighted by Crippen LogP contribution is 2.21. The molecule has 0 bridgehead atoms. The standard InChI is InChI=1S/C13H12ClFN2O/c1-8-4-11(16)6-17-13(8)18-7-9-2-3-10(15)5-12(9)14/h2-6H,7,16H2,1H3.